The van der Waals surface area contributed by atoms with Crippen LogP contribution >= 0.6 is 0 Å². The van der Waals surface area contributed by atoms with E-state index in [1.807, 2.05) is 11.8 Å². The fourth-order valence-corrected chi connectivity index (χ4v) is 2.10. The van der Waals surface area contributed by atoms with E-state index >= 15 is 0 Å². The topological polar surface area (TPSA) is 20.3 Å². The van der Waals surface area contributed by atoms with Crippen molar-refractivity contribution < 1.29 is 13.6 Å². The summed E-state index contributed by atoms with van der Waals surface area (Å²) in [7, 11) is 0. The first-order valence-corrected chi connectivity index (χ1v) is 5.30. The first kappa shape index (κ1) is 11.0. The first-order valence-electron chi connectivity index (χ1n) is 5.30. The Morgan fingerprint density at radius 2 is 1.88 bits per heavy atom. The number of Topliss-reactive ketones (excluding diaryl/α,β-unsaturated/α-hetero) is 1. The number of carbonyl (C=O) groups is 1. The number of anilines is 1. The number of rotatable bonds is 1. The molecular weight excluding hydrogens is 212 g/mol. The normalized spacial score (nSPS) is 21.3. The summed E-state index contributed by atoms with van der Waals surface area (Å²) in [6, 6.07) is 3.45. The van der Waals surface area contributed by atoms with Gasteiger partial charge in [-0.1, -0.05) is 0 Å². The Kier molecular flexibility index (Phi) is 2.90. The van der Waals surface area contributed by atoms with E-state index in [1.54, 1.807) is 0 Å². The molecule has 86 valence electrons. The van der Waals surface area contributed by atoms with Crippen molar-refractivity contribution in [2.24, 2.45) is 0 Å². The van der Waals surface area contributed by atoms with Crippen LogP contribution in [0.2, 0.25) is 0 Å². The molecule has 0 bridgehead atoms. The van der Waals surface area contributed by atoms with E-state index in [-0.39, 0.29) is 11.8 Å². The molecule has 4 heteroatoms. The number of carbonyl (C=O) groups excluding carboxylic acids is 1. The zero-order chi connectivity index (χ0) is 11.7. The third-order valence-corrected chi connectivity index (χ3v) is 2.87. The number of halogens is 2. The van der Waals surface area contributed by atoms with Crippen molar-refractivity contribution in [3.05, 3.63) is 29.8 Å². The van der Waals surface area contributed by atoms with Gasteiger partial charge in [0.25, 0.3) is 0 Å². The molecule has 0 N–H and O–H groups in total. The van der Waals surface area contributed by atoms with Gasteiger partial charge in [-0.2, -0.15) is 0 Å². The molecule has 2 nitrogen and oxygen atoms in total. The van der Waals surface area contributed by atoms with E-state index in [0.29, 0.717) is 25.1 Å². The summed E-state index contributed by atoms with van der Waals surface area (Å²) < 4.78 is 26.1. The molecule has 1 aromatic carbocycles. The number of benzene rings is 1. The highest BCUT2D eigenvalue weighted by molar-refractivity contribution is 5.81. The fourth-order valence-electron chi connectivity index (χ4n) is 2.10. The zero-order valence-electron chi connectivity index (χ0n) is 9.04. The Balaban J connectivity index is 2.26. The van der Waals surface area contributed by atoms with E-state index in [4.69, 9.17) is 0 Å². The second kappa shape index (κ2) is 4.20. The lowest BCUT2D eigenvalue weighted by atomic mass is 10.0. The van der Waals surface area contributed by atoms with Gasteiger partial charge < -0.3 is 4.90 Å². The van der Waals surface area contributed by atoms with Gasteiger partial charge in [0.1, 0.15) is 17.4 Å². The molecule has 0 saturated carbocycles. The standard InChI is InChI=1S/C12H13F2NO/c1-8-4-12(16)2-3-15(8)11-6-9(13)5-10(14)7-11/h5-8H,2-4H2,1H3. The van der Waals surface area contributed by atoms with Crippen LogP contribution in [0.15, 0.2) is 18.2 Å². The maximum absolute atomic E-state index is 13.1. The summed E-state index contributed by atoms with van der Waals surface area (Å²) >= 11 is 0. The molecule has 1 heterocycles. The van der Waals surface area contributed by atoms with Gasteiger partial charge in [-0.15, -0.1) is 0 Å². The third kappa shape index (κ3) is 2.21. The van der Waals surface area contributed by atoms with E-state index < -0.39 is 11.6 Å². The number of piperidine rings is 1. The highest BCUT2D eigenvalue weighted by Gasteiger charge is 2.24. The summed E-state index contributed by atoms with van der Waals surface area (Å²) in [6.45, 7) is 2.42. The minimum atomic E-state index is -0.584. The van der Waals surface area contributed by atoms with Crippen LogP contribution in [-0.4, -0.2) is 18.4 Å². The lowest BCUT2D eigenvalue weighted by Crippen LogP contribution is -2.41. The summed E-state index contributed by atoms with van der Waals surface area (Å²) in [5, 5.41) is 0. The van der Waals surface area contributed by atoms with Gasteiger partial charge in [0.2, 0.25) is 0 Å². The van der Waals surface area contributed by atoms with Crippen LogP contribution in [-0.2, 0) is 4.79 Å². The quantitative estimate of drug-likeness (QED) is 0.732. The van der Waals surface area contributed by atoms with Gasteiger partial charge in [0.05, 0.1) is 0 Å². The first-order chi connectivity index (χ1) is 7.56. The van der Waals surface area contributed by atoms with Gasteiger partial charge >= 0.3 is 0 Å². The van der Waals surface area contributed by atoms with Gasteiger partial charge in [-0.3, -0.25) is 4.79 Å². The number of ketones is 1. The lowest BCUT2D eigenvalue weighted by Gasteiger charge is -2.34. The molecule has 0 aliphatic carbocycles. The van der Waals surface area contributed by atoms with Crippen molar-refractivity contribution in [2.75, 3.05) is 11.4 Å². The minimum Gasteiger partial charge on any atom is -0.368 e. The summed E-state index contributed by atoms with van der Waals surface area (Å²) in [5.41, 5.74) is 0.512. The maximum atomic E-state index is 13.1. The molecule has 1 saturated heterocycles. The van der Waals surface area contributed by atoms with E-state index in [0.717, 1.165) is 6.07 Å². The Morgan fingerprint density at radius 3 is 2.44 bits per heavy atom. The fraction of sp³-hybridized carbons (Fsp3) is 0.417. The van der Waals surface area contributed by atoms with Gasteiger partial charge in [-0.05, 0) is 19.1 Å². The lowest BCUT2D eigenvalue weighted by molar-refractivity contribution is -0.120. The monoisotopic (exact) mass is 225 g/mol. The molecule has 0 spiro atoms. The SMILES string of the molecule is CC1CC(=O)CCN1c1cc(F)cc(F)c1. The summed E-state index contributed by atoms with van der Waals surface area (Å²) in [4.78, 5) is 13.1. The zero-order valence-corrected chi connectivity index (χ0v) is 9.04. The van der Waals surface area contributed by atoms with Crippen LogP contribution in [0, 0.1) is 11.6 Å². The minimum absolute atomic E-state index is 0.00227. The molecule has 1 aliphatic rings. The molecule has 0 amide bonds. The van der Waals surface area contributed by atoms with Crippen molar-refractivity contribution in [1.82, 2.24) is 0 Å². The van der Waals surface area contributed by atoms with Crippen molar-refractivity contribution in [1.29, 1.82) is 0 Å². The van der Waals surface area contributed by atoms with Crippen LogP contribution in [0.1, 0.15) is 19.8 Å². The highest BCUT2D eigenvalue weighted by atomic mass is 19.1. The predicted molar refractivity (Wildman–Crippen MR) is 57.4 cm³/mol. The predicted octanol–water partition coefficient (Wildman–Crippen LogP) is 2.52. The Morgan fingerprint density at radius 1 is 1.25 bits per heavy atom. The van der Waals surface area contributed by atoms with Gasteiger partial charge in [0, 0.05) is 37.2 Å². The average molecular weight is 225 g/mol. The Hall–Kier alpha value is -1.45. The third-order valence-electron chi connectivity index (χ3n) is 2.87. The Bertz CT molecular complexity index is 399. The summed E-state index contributed by atoms with van der Waals surface area (Å²) in [6.07, 6.45) is 0.889. The highest BCUT2D eigenvalue weighted by Crippen LogP contribution is 2.24. The van der Waals surface area contributed by atoms with Crippen molar-refractivity contribution >= 4 is 11.5 Å². The number of hydrogen-bond acceptors (Lipinski definition) is 2. The second-order valence-electron chi connectivity index (χ2n) is 4.16. The molecule has 1 aliphatic heterocycles. The van der Waals surface area contributed by atoms with Crippen LogP contribution in [0.3, 0.4) is 0 Å². The van der Waals surface area contributed by atoms with Gasteiger partial charge in [-0.25, -0.2) is 8.78 Å². The largest absolute Gasteiger partial charge is 0.368 e. The smallest absolute Gasteiger partial charge is 0.136 e. The van der Waals surface area contributed by atoms with Crippen LogP contribution in [0.5, 0.6) is 0 Å². The van der Waals surface area contributed by atoms with Crippen LogP contribution < -0.4 is 4.90 Å². The molecule has 2 rings (SSSR count). The number of hydrogen-bond donors (Lipinski definition) is 0. The van der Waals surface area contributed by atoms with Crippen molar-refractivity contribution in [2.45, 2.75) is 25.8 Å². The molecule has 0 aromatic heterocycles. The van der Waals surface area contributed by atoms with E-state index in [9.17, 15) is 13.6 Å². The number of nitrogens with zero attached hydrogens (tertiary/aromatic N) is 1. The van der Waals surface area contributed by atoms with Crippen molar-refractivity contribution in [3.63, 3.8) is 0 Å². The van der Waals surface area contributed by atoms with Gasteiger partial charge in [0.15, 0.2) is 0 Å². The Labute approximate surface area is 92.9 Å². The second-order valence-corrected chi connectivity index (χ2v) is 4.16. The van der Waals surface area contributed by atoms with Crippen LogP contribution in [0.25, 0.3) is 0 Å². The maximum Gasteiger partial charge on any atom is 0.136 e. The summed E-state index contributed by atoms with van der Waals surface area (Å²) in [5.74, 6) is -0.959. The molecule has 0 radical (unpaired) electrons. The molecule has 1 aromatic rings. The molecular formula is C12H13F2NO. The van der Waals surface area contributed by atoms with Crippen molar-refractivity contribution in [3.8, 4) is 0 Å². The molecule has 1 fully saturated rings. The van der Waals surface area contributed by atoms with E-state index in [1.165, 1.54) is 12.1 Å². The molecule has 1 unspecified atom stereocenters. The average Bonchev–Trinajstić information content (AvgIpc) is 2.15. The van der Waals surface area contributed by atoms with E-state index in [2.05, 4.69) is 0 Å². The molecule has 16 heavy (non-hydrogen) atoms. The molecule has 1 atom stereocenters. The van der Waals surface area contributed by atoms with Crippen LogP contribution in [0.4, 0.5) is 14.5 Å².